The largest absolute Gasteiger partial charge is 0.397 e. The summed E-state index contributed by atoms with van der Waals surface area (Å²) in [5.74, 6) is -0.0307. The average molecular weight is 288 g/mol. The summed E-state index contributed by atoms with van der Waals surface area (Å²) in [6.45, 7) is 3.01. The van der Waals surface area contributed by atoms with Crippen LogP contribution in [-0.2, 0) is 0 Å². The SMILES string of the molecule is CC1(CNC(=O)c2sc3ccccc3c2N)CCCC1. The van der Waals surface area contributed by atoms with Crippen molar-refractivity contribution in [3.05, 3.63) is 29.1 Å². The van der Waals surface area contributed by atoms with Crippen molar-refractivity contribution in [2.45, 2.75) is 32.6 Å². The average Bonchev–Trinajstić information content (AvgIpc) is 3.02. The molecule has 1 fully saturated rings. The number of carbonyl (C=O) groups is 1. The van der Waals surface area contributed by atoms with Gasteiger partial charge in [-0.1, -0.05) is 38.0 Å². The maximum atomic E-state index is 12.4. The number of fused-ring (bicyclic) bond motifs is 1. The smallest absolute Gasteiger partial charge is 0.263 e. The second kappa shape index (κ2) is 5.09. The lowest BCUT2D eigenvalue weighted by Gasteiger charge is -2.23. The van der Waals surface area contributed by atoms with Crippen molar-refractivity contribution >= 4 is 33.0 Å². The number of nitrogen functional groups attached to an aromatic ring is 1. The Kier molecular flexibility index (Phi) is 3.42. The summed E-state index contributed by atoms with van der Waals surface area (Å²) in [5, 5.41) is 4.06. The predicted molar refractivity (Wildman–Crippen MR) is 85.1 cm³/mol. The second-order valence-corrected chi connectivity index (χ2v) is 7.09. The highest BCUT2D eigenvalue weighted by atomic mass is 32.1. The summed E-state index contributed by atoms with van der Waals surface area (Å²) in [6, 6.07) is 7.90. The summed E-state index contributed by atoms with van der Waals surface area (Å²) in [7, 11) is 0. The molecule has 2 aromatic rings. The first-order valence-electron chi connectivity index (χ1n) is 7.14. The molecule has 0 bridgehead atoms. The van der Waals surface area contributed by atoms with Crippen molar-refractivity contribution in [3.63, 3.8) is 0 Å². The van der Waals surface area contributed by atoms with Gasteiger partial charge in [-0.05, 0) is 24.3 Å². The minimum absolute atomic E-state index is 0.0307. The van der Waals surface area contributed by atoms with Crippen LogP contribution in [0.2, 0.25) is 0 Å². The van der Waals surface area contributed by atoms with Crippen LogP contribution >= 0.6 is 11.3 Å². The Labute approximate surface area is 123 Å². The van der Waals surface area contributed by atoms with Crippen LogP contribution in [0.25, 0.3) is 10.1 Å². The van der Waals surface area contributed by atoms with Crippen LogP contribution in [-0.4, -0.2) is 12.5 Å². The van der Waals surface area contributed by atoms with Gasteiger partial charge in [0.05, 0.1) is 5.69 Å². The molecular weight excluding hydrogens is 268 g/mol. The van der Waals surface area contributed by atoms with E-state index < -0.39 is 0 Å². The standard InChI is InChI=1S/C16H20N2OS/c1-16(8-4-5-9-16)10-18-15(19)14-13(17)11-6-2-3-7-12(11)20-14/h2-3,6-7H,4-5,8-10,17H2,1H3,(H,18,19). The summed E-state index contributed by atoms with van der Waals surface area (Å²) in [5.41, 5.74) is 6.98. The summed E-state index contributed by atoms with van der Waals surface area (Å²) < 4.78 is 1.07. The van der Waals surface area contributed by atoms with E-state index in [1.54, 1.807) is 0 Å². The number of carbonyl (C=O) groups excluding carboxylic acids is 1. The Hall–Kier alpha value is -1.55. The zero-order valence-electron chi connectivity index (χ0n) is 11.7. The number of benzene rings is 1. The van der Waals surface area contributed by atoms with Crippen LogP contribution in [0.3, 0.4) is 0 Å². The van der Waals surface area contributed by atoms with Gasteiger partial charge < -0.3 is 11.1 Å². The van der Waals surface area contributed by atoms with Crippen LogP contribution < -0.4 is 11.1 Å². The molecule has 0 saturated heterocycles. The fourth-order valence-electron chi connectivity index (χ4n) is 3.01. The molecule has 1 heterocycles. The highest BCUT2D eigenvalue weighted by Crippen LogP contribution is 2.37. The van der Waals surface area contributed by atoms with E-state index in [1.807, 2.05) is 24.3 Å². The third-order valence-corrected chi connectivity index (χ3v) is 5.51. The van der Waals surface area contributed by atoms with E-state index in [0.29, 0.717) is 10.6 Å². The number of hydrogen-bond donors (Lipinski definition) is 2. The number of anilines is 1. The molecule has 1 aromatic carbocycles. The molecule has 0 radical (unpaired) electrons. The molecule has 0 aliphatic heterocycles. The highest BCUT2D eigenvalue weighted by Gasteiger charge is 2.29. The monoisotopic (exact) mass is 288 g/mol. The zero-order chi connectivity index (χ0) is 14.2. The van der Waals surface area contributed by atoms with Crippen LogP contribution in [0.15, 0.2) is 24.3 Å². The molecule has 20 heavy (non-hydrogen) atoms. The molecule has 1 aromatic heterocycles. The van der Waals surface area contributed by atoms with Crippen molar-refractivity contribution in [1.29, 1.82) is 0 Å². The molecule has 1 saturated carbocycles. The lowest BCUT2D eigenvalue weighted by atomic mass is 9.89. The second-order valence-electron chi connectivity index (χ2n) is 6.04. The molecule has 3 rings (SSSR count). The van der Waals surface area contributed by atoms with Crippen molar-refractivity contribution in [2.24, 2.45) is 5.41 Å². The first-order chi connectivity index (χ1) is 9.59. The van der Waals surface area contributed by atoms with Crippen molar-refractivity contribution in [3.8, 4) is 0 Å². The van der Waals surface area contributed by atoms with Crippen LogP contribution in [0, 0.1) is 5.41 Å². The fourth-order valence-corrected chi connectivity index (χ4v) is 4.05. The van der Waals surface area contributed by atoms with Gasteiger partial charge in [-0.2, -0.15) is 0 Å². The topological polar surface area (TPSA) is 55.1 Å². The van der Waals surface area contributed by atoms with Gasteiger partial charge >= 0.3 is 0 Å². The van der Waals surface area contributed by atoms with Gasteiger partial charge in [-0.15, -0.1) is 11.3 Å². The van der Waals surface area contributed by atoms with Gasteiger partial charge in [0.25, 0.3) is 5.91 Å². The molecule has 3 nitrogen and oxygen atoms in total. The van der Waals surface area contributed by atoms with Crippen molar-refractivity contribution in [2.75, 3.05) is 12.3 Å². The minimum Gasteiger partial charge on any atom is -0.397 e. The minimum atomic E-state index is -0.0307. The van der Waals surface area contributed by atoms with E-state index >= 15 is 0 Å². The predicted octanol–water partition coefficient (Wildman–Crippen LogP) is 3.79. The van der Waals surface area contributed by atoms with Crippen LogP contribution in [0.4, 0.5) is 5.69 Å². The fraction of sp³-hybridized carbons (Fsp3) is 0.438. The molecule has 0 spiro atoms. The molecule has 3 N–H and O–H groups in total. The molecular formula is C16H20N2OS. The van der Waals surface area contributed by atoms with E-state index in [4.69, 9.17) is 5.73 Å². The lowest BCUT2D eigenvalue weighted by molar-refractivity contribution is 0.0939. The maximum absolute atomic E-state index is 12.4. The number of nitrogens with two attached hydrogens (primary N) is 1. The van der Waals surface area contributed by atoms with Crippen LogP contribution in [0.5, 0.6) is 0 Å². The molecule has 0 unspecified atom stereocenters. The normalized spacial score (nSPS) is 17.4. The molecule has 1 aliphatic rings. The van der Waals surface area contributed by atoms with Gasteiger partial charge in [0.2, 0.25) is 0 Å². The van der Waals surface area contributed by atoms with E-state index in [1.165, 1.54) is 37.0 Å². The Morgan fingerprint density at radius 2 is 2.05 bits per heavy atom. The van der Waals surface area contributed by atoms with E-state index in [2.05, 4.69) is 12.2 Å². The Bertz CT molecular complexity index is 641. The molecule has 1 aliphatic carbocycles. The van der Waals surface area contributed by atoms with Crippen LogP contribution in [0.1, 0.15) is 42.3 Å². The molecule has 1 amide bonds. The third kappa shape index (κ3) is 2.40. The Morgan fingerprint density at radius 1 is 1.35 bits per heavy atom. The number of amides is 1. The van der Waals surface area contributed by atoms with Gasteiger partial charge in [-0.3, -0.25) is 4.79 Å². The van der Waals surface area contributed by atoms with E-state index in [-0.39, 0.29) is 11.3 Å². The molecule has 0 atom stereocenters. The van der Waals surface area contributed by atoms with E-state index in [0.717, 1.165) is 16.6 Å². The quantitative estimate of drug-likeness (QED) is 0.902. The Balaban J connectivity index is 1.77. The van der Waals surface area contributed by atoms with Crippen molar-refractivity contribution < 1.29 is 4.79 Å². The number of thiophene rings is 1. The first-order valence-corrected chi connectivity index (χ1v) is 7.96. The number of nitrogens with one attached hydrogen (secondary N) is 1. The number of hydrogen-bond acceptors (Lipinski definition) is 3. The third-order valence-electron chi connectivity index (χ3n) is 4.33. The van der Waals surface area contributed by atoms with Crippen molar-refractivity contribution in [1.82, 2.24) is 5.32 Å². The highest BCUT2D eigenvalue weighted by molar-refractivity contribution is 7.21. The first kappa shape index (κ1) is 13.4. The maximum Gasteiger partial charge on any atom is 0.263 e. The van der Waals surface area contributed by atoms with Gasteiger partial charge in [0, 0.05) is 16.6 Å². The molecule has 106 valence electrons. The lowest BCUT2D eigenvalue weighted by Crippen LogP contribution is -2.34. The summed E-state index contributed by atoms with van der Waals surface area (Å²) in [6.07, 6.45) is 4.96. The molecule has 4 heteroatoms. The van der Waals surface area contributed by atoms with Gasteiger partial charge in [-0.25, -0.2) is 0 Å². The zero-order valence-corrected chi connectivity index (χ0v) is 12.6. The van der Waals surface area contributed by atoms with E-state index in [9.17, 15) is 4.79 Å². The summed E-state index contributed by atoms with van der Waals surface area (Å²) in [4.78, 5) is 13.0. The van der Waals surface area contributed by atoms with Gasteiger partial charge in [0.15, 0.2) is 0 Å². The Morgan fingerprint density at radius 3 is 2.75 bits per heavy atom. The summed E-state index contributed by atoms with van der Waals surface area (Å²) >= 11 is 1.48. The number of rotatable bonds is 3. The van der Waals surface area contributed by atoms with Gasteiger partial charge in [0.1, 0.15) is 4.88 Å².